The molecule has 0 fully saturated rings. The molecular formula is C37H44N6O4S. The number of primary amides is 1. The first-order chi connectivity index (χ1) is 23.2. The van der Waals surface area contributed by atoms with E-state index in [1.807, 2.05) is 78.2 Å². The minimum Gasteiger partial charge on any atom is -0.368 e. The molecule has 48 heavy (non-hydrogen) atoms. The molecule has 0 aliphatic rings. The van der Waals surface area contributed by atoms with Crippen LogP contribution >= 0.6 is 11.3 Å². The van der Waals surface area contributed by atoms with Gasteiger partial charge in [-0.2, -0.15) is 0 Å². The molecule has 0 spiro atoms. The van der Waals surface area contributed by atoms with Crippen LogP contribution in [0.5, 0.6) is 0 Å². The zero-order chi connectivity index (χ0) is 34.5. The third-order valence-corrected chi connectivity index (χ3v) is 9.13. The smallest absolute Gasteiger partial charge is 0.251 e. The maximum absolute atomic E-state index is 14.3. The number of nitrogens with zero attached hydrogens (tertiary/aromatic N) is 1. The van der Waals surface area contributed by atoms with Gasteiger partial charge in [0, 0.05) is 36.9 Å². The van der Waals surface area contributed by atoms with E-state index in [9.17, 15) is 19.2 Å². The van der Waals surface area contributed by atoms with Crippen molar-refractivity contribution in [2.24, 2.45) is 17.2 Å². The van der Waals surface area contributed by atoms with Gasteiger partial charge in [0.05, 0.1) is 0 Å². The van der Waals surface area contributed by atoms with E-state index >= 15 is 0 Å². The van der Waals surface area contributed by atoms with Crippen LogP contribution in [-0.2, 0) is 33.8 Å². The van der Waals surface area contributed by atoms with E-state index in [2.05, 4.69) is 10.6 Å². The fourth-order valence-electron chi connectivity index (χ4n) is 5.45. The summed E-state index contributed by atoms with van der Waals surface area (Å²) in [4.78, 5) is 56.1. The molecule has 0 saturated carbocycles. The highest BCUT2D eigenvalue weighted by Crippen LogP contribution is 2.21. The largest absolute Gasteiger partial charge is 0.368 e. The van der Waals surface area contributed by atoms with E-state index in [4.69, 9.17) is 17.2 Å². The van der Waals surface area contributed by atoms with Crippen molar-refractivity contribution in [2.45, 2.75) is 56.8 Å². The Balaban J connectivity index is 1.62. The molecule has 1 heterocycles. The lowest BCUT2D eigenvalue weighted by Gasteiger charge is -2.32. The first kappa shape index (κ1) is 36.0. The Morgan fingerprint density at radius 3 is 2.15 bits per heavy atom. The van der Waals surface area contributed by atoms with Gasteiger partial charge in [-0.25, -0.2) is 0 Å². The number of amides is 4. The molecule has 3 aromatic carbocycles. The molecule has 0 radical (unpaired) electrons. The normalized spacial score (nSPS) is 12.8. The zero-order valence-corrected chi connectivity index (χ0v) is 28.0. The van der Waals surface area contributed by atoms with Gasteiger partial charge in [0.2, 0.25) is 17.7 Å². The lowest BCUT2D eigenvalue weighted by atomic mass is 9.99. The molecule has 1 aromatic heterocycles. The average Bonchev–Trinajstić information content (AvgIpc) is 3.63. The molecule has 0 unspecified atom stereocenters. The molecule has 0 aliphatic carbocycles. The molecule has 10 nitrogen and oxygen atoms in total. The van der Waals surface area contributed by atoms with Crippen LogP contribution in [0.3, 0.4) is 0 Å². The molecule has 11 heteroatoms. The van der Waals surface area contributed by atoms with Crippen LogP contribution in [0.1, 0.15) is 45.6 Å². The third kappa shape index (κ3) is 10.1. The summed E-state index contributed by atoms with van der Waals surface area (Å²) in [5, 5.41) is 7.58. The first-order valence-electron chi connectivity index (χ1n) is 16.0. The standard InChI is InChI=1S/C37H44N6O4S/c1-43(33(23-30-13-8-20-48-30)36(46)41-31(34(40)44)14-5-6-19-38)37(47)32(42-35(45)29-12-7-9-26(21-29)24-39)22-25-15-17-28(18-16-25)27-10-3-2-4-11-27/h2-4,7-13,15-18,20-21,31-33H,5-6,14,19,22-24,38-39H2,1H3,(H2,40,44)(H,41,46)(H,42,45)/t31-,32+,33+/m0/s1. The molecule has 8 N–H and O–H groups in total. The Morgan fingerprint density at radius 2 is 1.50 bits per heavy atom. The number of thiophene rings is 1. The van der Waals surface area contributed by atoms with E-state index in [0.29, 0.717) is 31.4 Å². The summed E-state index contributed by atoms with van der Waals surface area (Å²) in [5.74, 6) is -2.07. The molecule has 4 rings (SSSR count). The second-order valence-electron chi connectivity index (χ2n) is 11.7. The average molecular weight is 669 g/mol. The Hall–Kier alpha value is -4.84. The minimum absolute atomic E-state index is 0.177. The summed E-state index contributed by atoms with van der Waals surface area (Å²) in [6.07, 6.45) is 2.01. The molecule has 3 atom stereocenters. The molecule has 0 aliphatic heterocycles. The van der Waals surface area contributed by atoms with Crippen molar-refractivity contribution in [3.63, 3.8) is 0 Å². The number of hydrogen-bond donors (Lipinski definition) is 5. The van der Waals surface area contributed by atoms with E-state index in [-0.39, 0.29) is 19.4 Å². The summed E-state index contributed by atoms with van der Waals surface area (Å²) < 4.78 is 0. The Bertz CT molecular complexity index is 1650. The summed E-state index contributed by atoms with van der Waals surface area (Å²) in [7, 11) is 1.54. The number of carbonyl (C=O) groups excluding carboxylic acids is 4. The van der Waals surface area contributed by atoms with E-state index in [1.54, 1.807) is 25.2 Å². The van der Waals surface area contributed by atoms with Crippen LogP contribution in [0.4, 0.5) is 0 Å². The minimum atomic E-state index is -1.01. The van der Waals surface area contributed by atoms with Gasteiger partial charge in [-0.1, -0.05) is 72.8 Å². The lowest BCUT2D eigenvalue weighted by Crippen LogP contribution is -2.57. The van der Waals surface area contributed by atoms with Gasteiger partial charge in [0.25, 0.3) is 5.91 Å². The quantitative estimate of drug-likeness (QED) is 0.108. The predicted molar refractivity (Wildman–Crippen MR) is 190 cm³/mol. The highest BCUT2D eigenvalue weighted by atomic mass is 32.1. The Kier molecular flexibility index (Phi) is 13.4. The molecule has 4 aromatic rings. The van der Waals surface area contributed by atoms with E-state index < -0.39 is 41.8 Å². The fraction of sp³-hybridized carbons (Fsp3) is 0.297. The molecular weight excluding hydrogens is 625 g/mol. The first-order valence-corrected chi connectivity index (χ1v) is 16.9. The van der Waals surface area contributed by atoms with Gasteiger partial charge in [0.1, 0.15) is 18.1 Å². The van der Waals surface area contributed by atoms with Crippen LogP contribution in [0.2, 0.25) is 0 Å². The number of unbranched alkanes of at least 4 members (excludes halogenated alkanes) is 1. The number of benzene rings is 3. The van der Waals surface area contributed by atoms with Crippen molar-refractivity contribution in [3.05, 3.63) is 118 Å². The van der Waals surface area contributed by atoms with Gasteiger partial charge in [-0.05, 0) is 71.6 Å². The highest BCUT2D eigenvalue weighted by molar-refractivity contribution is 7.09. The number of nitrogens with two attached hydrogens (primary N) is 3. The van der Waals surface area contributed by atoms with Crippen molar-refractivity contribution in [1.29, 1.82) is 0 Å². The van der Waals surface area contributed by atoms with Gasteiger partial charge < -0.3 is 32.7 Å². The van der Waals surface area contributed by atoms with Gasteiger partial charge >= 0.3 is 0 Å². The topological polar surface area (TPSA) is 174 Å². The van der Waals surface area contributed by atoms with Crippen LogP contribution in [0, 0.1) is 0 Å². The second kappa shape index (κ2) is 17.9. The molecule has 0 saturated heterocycles. The summed E-state index contributed by atoms with van der Waals surface area (Å²) >= 11 is 1.46. The van der Waals surface area contributed by atoms with Crippen molar-refractivity contribution < 1.29 is 19.2 Å². The maximum atomic E-state index is 14.3. The Morgan fingerprint density at radius 1 is 0.771 bits per heavy atom. The molecule has 0 bridgehead atoms. The number of carbonyl (C=O) groups is 4. The van der Waals surface area contributed by atoms with Crippen LogP contribution in [0.25, 0.3) is 11.1 Å². The van der Waals surface area contributed by atoms with E-state index in [1.165, 1.54) is 16.2 Å². The molecule has 252 valence electrons. The number of likely N-dealkylation sites (N-methyl/N-ethyl adjacent to an activating group) is 1. The fourth-order valence-corrected chi connectivity index (χ4v) is 6.19. The van der Waals surface area contributed by atoms with Gasteiger partial charge in [-0.3, -0.25) is 19.2 Å². The highest BCUT2D eigenvalue weighted by Gasteiger charge is 2.34. The number of rotatable bonds is 17. The number of hydrogen-bond acceptors (Lipinski definition) is 7. The van der Waals surface area contributed by atoms with Gasteiger partial charge in [-0.15, -0.1) is 11.3 Å². The second-order valence-corrected chi connectivity index (χ2v) is 12.7. The van der Waals surface area contributed by atoms with Crippen LogP contribution in [-0.4, -0.2) is 60.2 Å². The number of nitrogens with one attached hydrogen (secondary N) is 2. The maximum Gasteiger partial charge on any atom is 0.251 e. The van der Waals surface area contributed by atoms with E-state index in [0.717, 1.165) is 27.1 Å². The van der Waals surface area contributed by atoms with Crippen molar-refractivity contribution >= 4 is 35.0 Å². The lowest BCUT2D eigenvalue weighted by molar-refractivity contribution is -0.141. The Labute approximate surface area is 285 Å². The summed E-state index contributed by atoms with van der Waals surface area (Å²) in [6.45, 7) is 0.717. The third-order valence-electron chi connectivity index (χ3n) is 8.23. The predicted octanol–water partition coefficient (Wildman–Crippen LogP) is 3.38. The SMILES string of the molecule is CN(C(=O)[C@@H](Cc1ccc(-c2ccccc2)cc1)NC(=O)c1cccc(CN)c1)[C@H](Cc1cccs1)C(=O)N[C@@H](CCCCN)C(N)=O. The molecule has 4 amide bonds. The summed E-state index contributed by atoms with van der Waals surface area (Å²) in [5.41, 5.74) is 21.1. The van der Waals surface area contributed by atoms with Crippen molar-refractivity contribution in [1.82, 2.24) is 15.5 Å². The summed E-state index contributed by atoms with van der Waals surface area (Å²) in [6, 6.07) is 25.5. The van der Waals surface area contributed by atoms with Crippen molar-refractivity contribution in [2.75, 3.05) is 13.6 Å². The monoisotopic (exact) mass is 668 g/mol. The van der Waals surface area contributed by atoms with Crippen molar-refractivity contribution in [3.8, 4) is 11.1 Å². The van der Waals surface area contributed by atoms with Gasteiger partial charge in [0.15, 0.2) is 0 Å². The van der Waals surface area contributed by atoms with Crippen LogP contribution in [0.15, 0.2) is 96.4 Å². The zero-order valence-electron chi connectivity index (χ0n) is 27.1. The van der Waals surface area contributed by atoms with Crippen LogP contribution < -0.4 is 27.8 Å².